The van der Waals surface area contributed by atoms with Crippen molar-refractivity contribution in [3.63, 3.8) is 0 Å². The number of aryl methyl sites for hydroxylation is 1. The molecule has 1 fully saturated rings. The first kappa shape index (κ1) is 16.6. The van der Waals surface area contributed by atoms with Crippen molar-refractivity contribution in [3.8, 4) is 0 Å². The van der Waals surface area contributed by atoms with Crippen LogP contribution in [0.1, 0.15) is 22.5 Å². The Kier molecular flexibility index (Phi) is 4.12. The molecule has 8 nitrogen and oxygen atoms in total. The zero-order chi connectivity index (χ0) is 18.3. The molecule has 1 aliphatic rings. The molecule has 0 aliphatic carbocycles. The van der Waals surface area contributed by atoms with Crippen LogP contribution in [0.4, 0.5) is 5.95 Å². The summed E-state index contributed by atoms with van der Waals surface area (Å²) in [6.45, 7) is 1.85. The summed E-state index contributed by atoms with van der Waals surface area (Å²) in [7, 11) is 3.73. The quantitative estimate of drug-likeness (QED) is 0.733. The van der Waals surface area contributed by atoms with Crippen LogP contribution in [-0.4, -0.2) is 61.9 Å². The maximum Gasteiger partial charge on any atom is 0.254 e. The molecule has 0 spiro atoms. The van der Waals surface area contributed by atoms with E-state index in [1.807, 2.05) is 35.9 Å². The molecule has 0 radical (unpaired) electrons. The summed E-state index contributed by atoms with van der Waals surface area (Å²) in [6.07, 6.45) is 2.12. The normalized spacial score (nSPS) is 17.2. The fourth-order valence-electron chi connectivity index (χ4n) is 3.45. The third-order valence-electron chi connectivity index (χ3n) is 4.86. The van der Waals surface area contributed by atoms with E-state index in [0.29, 0.717) is 18.7 Å². The number of fused-ring (bicyclic) bond motifs is 1. The number of hydrogen-bond acceptors (Lipinski definition) is 5. The topological polar surface area (TPSA) is 90.3 Å². The summed E-state index contributed by atoms with van der Waals surface area (Å²) in [6, 6.07) is 7.44. The number of H-pyrrole nitrogens is 1. The molecular weight excluding hydrogens is 332 g/mol. The second-order valence-corrected chi connectivity index (χ2v) is 6.81. The van der Waals surface area contributed by atoms with Crippen LogP contribution in [0.3, 0.4) is 0 Å². The molecular formula is C18H22N6O2. The average Bonchev–Trinajstić information content (AvgIpc) is 3.35. The number of aromatic amines is 1. The van der Waals surface area contributed by atoms with E-state index in [1.54, 1.807) is 18.1 Å². The molecule has 2 N–H and O–H groups in total. The molecule has 1 amide bonds. The van der Waals surface area contributed by atoms with Crippen LogP contribution in [0.2, 0.25) is 0 Å². The number of benzene rings is 1. The SMILES string of the molecule is CN(Cc1ccn[nH]1)C(=O)c1ccc2c(c1)nc(N1CC[C@H](O)C1)n2C. The number of aliphatic hydroxyl groups is 1. The minimum atomic E-state index is -0.303. The van der Waals surface area contributed by atoms with Crippen molar-refractivity contribution < 1.29 is 9.90 Å². The summed E-state index contributed by atoms with van der Waals surface area (Å²) in [5.41, 5.74) is 3.24. The molecule has 2 aromatic heterocycles. The number of nitrogens with zero attached hydrogens (tertiary/aromatic N) is 5. The number of aromatic nitrogens is 4. The Morgan fingerprint density at radius 3 is 2.96 bits per heavy atom. The Hall–Kier alpha value is -2.87. The van der Waals surface area contributed by atoms with E-state index >= 15 is 0 Å². The molecule has 1 aromatic carbocycles. The summed E-state index contributed by atoms with van der Waals surface area (Å²) in [5.74, 6) is 0.761. The fourth-order valence-corrected chi connectivity index (χ4v) is 3.45. The lowest BCUT2D eigenvalue weighted by Gasteiger charge is -2.16. The van der Waals surface area contributed by atoms with Gasteiger partial charge in [-0.2, -0.15) is 5.10 Å². The lowest BCUT2D eigenvalue weighted by Crippen LogP contribution is -2.26. The van der Waals surface area contributed by atoms with Crippen molar-refractivity contribution in [1.29, 1.82) is 0 Å². The highest BCUT2D eigenvalue weighted by molar-refractivity contribution is 5.97. The summed E-state index contributed by atoms with van der Waals surface area (Å²) in [4.78, 5) is 21.1. The van der Waals surface area contributed by atoms with Gasteiger partial charge in [0.05, 0.1) is 29.4 Å². The number of imidazole rings is 1. The maximum atomic E-state index is 12.7. The number of anilines is 1. The largest absolute Gasteiger partial charge is 0.391 e. The van der Waals surface area contributed by atoms with Crippen LogP contribution in [0.15, 0.2) is 30.5 Å². The van der Waals surface area contributed by atoms with Gasteiger partial charge in [0.25, 0.3) is 5.91 Å². The first-order valence-corrected chi connectivity index (χ1v) is 8.66. The van der Waals surface area contributed by atoms with Crippen LogP contribution in [-0.2, 0) is 13.6 Å². The zero-order valence-electron chi connectivity index (χ0n) is 14.9. The molecule has 136 valence electrons. The van der Waals surface area contributed by atoms with Gasteiger partial charge in [0.1, 0.15) is 0 Å². The minimum absolute atomic E-state index is 0.0645. The Balaban J connectivity index is 1.60. The highest BCUT2D eigenvalue weighted by Gasteiger charge is 2.24. The molecule has 0 unspecified atom stereocenters. The number of aliphatic hydroxyl groups excluding tert-OH is 1. The Morgan fingerprint density at radius 2 is 2.27 bits per heavy atom. The van der Waals surface area contributed by atoms with Crippen molar-refractivity contribution in [2.45, 2.75) is 19.1 Å². The van der Waals surface area contributed by atoms with Gasteiger partial charge in [0.2, 0.25) is 5.95 Å². The number of amides is 1. The number of nitrogens with one attached hydrogen (secondary N) is 1. The van der Waals surface area contributed by atoms with E-state index < -0.39 is 0 Å². The second-order valence-electron chi connectivity index (χ2n) is 6.81. The summed E-state index contributed by atoms with van der Waals surface area (Å²) >= 11 is 0. The monoisotopic (exact) mass is 354 g/mol. The van der Waals surface area contributed by atoms with E-state index in [9.17, 15) is 9.90 Å². The second kappa shape index (κ2) is 6.45. The van der Waals surface area contributed by atoms with Crippen LogP contribution in [0.25, 0.3) is 11.0 Å². The van der Waals surface area contributed by atoms with Crippen molar-refractivity contribution in [2.24, 2.45) is 7.05 Å². The number of rotatable bonds is 4. The van der Waals surface area contributed by atoms with Crippen LogP contribution in [0, 0.1) is 0 Å². The van der Waals surface area contributed by atoms with Gasteiger partial charge in [0, 0.05) is 38.9 Å². The van der Waals surface area contributed by atoms with Gasteiger partial charge in [-0.15, -0.1) is 0 Å². The van der Waals surface area contributed by atoms with Gasteiger partial charge in [-0.1, -0.05) is 0 Å². The van der Waals surface area contributed by atoms with Crippen LogP contribution < -0.4 is 4.90 Å². The highest BCUT2D eigenvalue weighted by Crippen LogP contribution is 2.25. The molecule has 1 aliphatic heterocycles. The third-order valence-corrected chi connectivity index (χ3v) is 4.86. The first-order chi connectivity index (χ1) is 12.5. The smallest absolute Gasteiger partial charge is 0.254 e. The van der Waals surface area contributed by atoms with Crippen LogP contribution in [0.5, 0.6) is 0 Å². The average molecular weight is 354 g/mol. The van der Waals surface area contributed by atoms with E-state index in [2.05, 4.69) is 15.1 Å². The molecule has 3 aromatic rings. The maximum absolute atomic E-state index is 12.7. The highest BCUT2D eigenvalue weighted by atomic mass is 16.3. The van der Waals surface area contributed by atoms with Gasteiger partial charge in [-0.05, 0) is 30.7 Å². The number of β-amino-alcohol motifs (C(OH)–C–C–N with tert-alkyl or cyclic N) is 1. The minimum Gasteiger partial charge on any atom is -0.391 e. The molecule has 0 saturated carbocycles. The predicted molar refractivity (Wildman–Crippen MR) is 97.9 cm³/mol. The molecule has 1 saturated heterocycles. The van der Waals surface area contributed by atoms with E-state index in [0.717, 1.165) is 35.6 Å². The van der Waals surface area contributed by atoms with Gasteiger partial charge < -0.3 is 19.5 Å². The van der Waals surface area contributed by atoms with Crippen molar-refractivity contribution >= 4 is 22.9 Å². The molecule has 3 heterocycles. The fraction of sp³-hybridized carbons (Fsp3) is 0.389. The third kappa shape index (κ3) is 2.92. The molecule has 1 atom stereocenters. The summed E-state index contributed by atoms with van der Waals surface area (Å²) < 4.78 is 2.01. The standard InChI is InChI=1S/C18H22N6O2/c1-22(10-13-5-7-19-21-13)17(26)12-3-4-16-15(9-12)20-18(23(16)2)24-8-6-14(25)11-24/h3-5,7,9,14,25H,6,8,10-11H2,1-2H3,(H,19,21)/t14-/m0/s1. The lowest BCUT2D eigenvalue weighted by atomic mass is 10.1. The van der Waals surface area contributed by atoms with Gasteiger partial charge in [0.15, 0.2) is 0 Å². The van der Waals surface area contributed by atoms with E-state index in [1.165, 1.54) is 0 Å². The van der Waals surface area contributed by atoms with Crippen molar-refractivity contribution in [2.75, 3.05) is 25.0 Å². The lowest BCUT2D eigenvalue weighted by molar-refractivity contribution is 0.0783. The number of carbonyl (C=O) groups is 1. The van der Waals surface area contributed by atoms with Crippen molar-refractivity contribution in [3.05, 3.63) is 41.7 Å². The Morgan fingerprint density at radius 1 is 1.42 bits per heavy atom. The van der Waals surface area contributed by atoms with E-state index in [4.69, 9.17) is 4.98 Å². The molecule has 4 rings (SSSR count). The van der Waals surface area contributed by atoms with Gasteiger partial charge in [-0.25, -0.2) is 4.98 Å². The number of hydrogen-bond donors (Lipinski definition) is 2. The predicted octanol–water partition coefficient (Wildman–Crippen LogP) is 1.14. The number of carbonyl (C=O) groups excluding carboxylic acids is 1. The zero-order valence-corrected chi connectivity index (χ0v) is 14.9. The van der Waals surface area contributed by atoms with Gasteiger partial charge in [-0.3, -0.25) is 9.89 Å². The molecule has 0 bridgehead atoms. The first-order valence-electron chi connectivity index (χ1n) is 8.66. The molecule has 26 heavy (non-hydrogen) atoms. The summed E-state index contributed by atoms with van der Waals surface area (Å²) in [5, 5.41) is 16.5. The Labute approximate surface area is 151 Å². The van der Waals surface area contributed by atoms with E-state index in [-0.39, 0.29) is 12.0 Å². The van der Waals surface area contributed by atoms with Crippen molar-refractivity contribution in [1.82, 2.24) is 24.6 Å². The Bertz CT molecular complexity index is 933. The van der Waals surface area contributed by atoms with Crippen LogP contribution >= 0.6 is 0 Å². The molecule has 8 heteroatoms. The van der Waals surface area contributed by atoms with Gasteiger partial charge >= 0.3 is 0 Å².